The van der Waals surface area contributed by atoms with E-state index in [1.54, 1.807) is 0 Å². The summed E-state index contributed by atoms with van der Waals surface area (Å²) in [4.78, 5) is 18.4. The molecule has 1 aromatic carbocycles. The third kappa shape index (κ3) is 2.43. The predicted molar refractivity (Wildman–Crippen MR) is 89.3 cm³/mol. The Balaban J connectivity index is 1.68. The van der Waals surface area contributed by atoms with E-state index in [1.807, 2.05) is 11.0 Å². The second-order valence-electron chi connectivity index (χ2n) is 6.76. The standard InChI is InChI=1S/C19H24N2O/c22-19(21-11-5-1-2-6-12-21)14-9-10-18-16(13-14)15-7-3-4-8-17(15)20-18/h9-10,13,20H,1-8,11-12H2. The van der Waals surface area contributed by atoms with Crippen LogP contribution in [0.15, 0.2) is 18.2 Å². The van der Waals surface area contributed by atoms with Crippen molar-refractivity contribution in [3.63, 3.8) is 0 Å². The number of nitrogens with one attached hydrogen (secondary N) is 1. The number of carbonyl (C=O) groups excluding carboxylic acids is 1. The molecule has 0 radical (unpaired) electrons. The van der Waals surface area contributed by atoms with E-state index >= 15 is 0 Å². The molecule has 0 unspecified atom stereocenters. The van der Waals surface area contributed by atoms with Crippen LogP contribution in [0.2, 0.25) is 0 Å². The van der Waals surface area contributed by atoms with E-state index in [0.29, 0.717) is 0 Å². The summed E-state index contributed by atoms with van der Waals surface area (Å²) in [5.41, 5.74) is 4.90. The van der Waals surface area contributed by atoms with Gasteiger partial charge in [0.05, 0.1) is 0 Å². The molecule has 0 saturated carbocycles. The van der Waals surface area contributed by atoms with Gasteiger partial charge in [-0.05, 0) is 62.3 Å². The van der Waals surface area contributed by atoms with E-state index in [4.69, 9.17) is 0 Å². The van der Waals surface area contributed by atoms with Crippen LogP contribution < -0.4 is 0 Å². The summed E-state index contributed by atoms with van der Waals surface area (Å²) in [6, 6.07) is 6.22. The topological polar surface area (TPSA) is 36.1 Å². The molecular formula is C19H24N2O. The molecule has 2 aromatic rings. The quantitative estimate of drug-likeness (QED) is 0.846. The van der Waals surface area contributed by atoms with Gasteiger partial charge in [-0.2, -0.15) is 0 Å². The Bertz CT molecular complexity index is 693. The van der Waals surface area contributed by atoms with Gasteiger partial charge in [-0.3, -0.25) is 4.79 Å². The largest absolute Gasteiger partial charge is 0.358 e. The number of carbonyl (C=O) groups is 1. The fourth-order valence-corrected chi connectivity index (χ4v) is 4.00. The van der Waals surface area contributed by atoms with Crippen molar-refractivity contribution in [2.75, 3.05) is 13.1 Å². The van der Waals surface area contributed by atoms with Gasteiger partial charge in [0.1, 0.15) is 0 Å². The van der Waals surface area contributed by atoms with Crippen molar-refractivity contribution in [3.05, 3.63) is 35.0 Å². The first kappa shape index (κ1) is 13.9. The Morgan fingerprint density at radius 3 is 2.55 bits per heavy atom. The Labute approximate surface area is 131 Å². The lowest BCUT2D eigenvalue weighted by Crippen LogP contribution is -2.31. The van der Waals surface area contributed by atoms with Crippen LogP contribution in [0.3, 0.4) is 0 Å². The lowest BCUT2D eigenvalue weighted by atomic mass is 9.95. The summed E-state index contributed by atoms with van der Waals surface area (Å²) in [6.07, 6.45) is 9.66. The average Bonchev–Trinajstić information content (AvgIpc) is 2.73. The molecule has 1 N–H and O–H groups in total. The first-order chi connectivity index (χ1) is 10.8. The highest BCUT2D eigenvalue weighted by atomic mass is 16.2. The van der Waals surface area contributed by atoms with Crippen molar-refractivity contribution in [1.82, 2.24) is 9.88 Å². The zero-order chi connectivity index (χ0) is 14.9. The van der Waals surface area contributed by atoms with Gasteiger partial charge in [-0.1, -0.05) is 12.8 Å². The highest BCUT2D eigenvalue weighted by Gasteiger charge is 2.20. The van der Waals surface area contributed by atoms with E-state index in [9.17, 15) is 4.79 Å². The first-order valence-electron chi connectivity index (χ1n) is 8.76. The highest BCUT2D eigenvalue weighted by molar-refractivity contribution is 5.99. The summed E-state index contributed by atoms with van der Waals surface area (Å²) in [5, 5.41) is 1.27. The fourth-order valence-electron chi connectivity index (χ4n) is 4.00. The Kier molecular flexibility index (Phi) is 3.65. The number of H-pyrrole nitrogens is 1. The Morgan fingerprint density at radius 2 is 1.73 bits per heavy atom. The molecule has 2 heterocycles. The normalized spacial score (nSPS) is 19.0. The second-order valence-corrected chi connectivity index (χ2v) is 6.76. The smallest absolute Gasteiger partial charge is 0.253 e. The molecule has 0 atom stereocenters. The summed E-state index contributed by atoms with van der Waals surface area (Å²) in [5.74, 6) is 0.217. The van der Waals surface area contributed by atoms with Gasteiger partial charge in [-0.15, -0.1) is 0 Å². The molecule has 0 spiro atoms. The molecule has 4 rings (SSSR count). The maximum Gasteiger partial charge on any atom is 0.253 e. The van der Waals surface area contributed by atoms with Crippen LogP contribution in [0.5, 0.6) is 0 Å². The van der Waals surface area contributed by atoms with Crippen LogP contribution in [-0.4, -0.2) is 28.9 Å². The van der Waals surface area contributed by atoms with E-state index in [1.165, 1.54) is 47.8 Å². The number of hydrogen-bond acceptors (Lipinski definition) is 1. The molecule has 22 heavy (non-hydrogen) atoms. The maximum atomic E-state index is 12.8. The van der Waals surface area contributed by atoms with Gasteiger partial charge in [0, 0.05) is 35.2 Å². The van der Waals surface area contributed by atoms with Crippen molar-refractivity contribution in [3.8, 4) is 0 Å². The minimum Gasteiger partial charge on any atom is -0.358 e. The van der Waals surface area contributed by atoms with E-state index in [0.717, 1.165) is 44.3 Å². The summed E-state index contributed by atoms with van der Waals surface area (Å²) < 4.78 is 0. The molecule has 1 aliphatic carbocycles. The number of rotatable bonds is 1. The Hall–Kier alpha value is -1.77. The highest BCUT2D eigenvalue weighted by Crippen LogP contribution is 2.30. The molecule has 3 heteroatoms. The number of aromatic nitrogens is 1. The lowest BCUT2D eigenvalue weighted by Gasteiger charge is -2.20. The van der Waals surface area contributed by atoms with Gasteiger partial charge < -0.3 is 9.88 Å². The molecule has 1 aliphatic heterocycles. The van der Waals surface area contributed by atoms with Crippen molar-refractivity contribution < 1.29 is 4.79 Å². The minimum atomic E-state index is 0.217. The molecule has 1 aromatic heterocycles. The fraction of sp³-hybridized carbons (Fsp3) is 0.526. The molecule has 1 saturated heterocycles. The van der Waals surface area contributed by atoms with Crippen LogP contribution in [0.4, 0.5) is 0 Å². The van der Waals surface area contributed by atoms with Crippen LogP contribution in [-0.2, 0) is 12.8 Å². The van der Waals surface area contributed by atoms with Crippen molar-refractivity contribution in [1.29, 1.82) is 0 Å². The molecule has 3 nitrogen and oxygen atoms in total. The van der Waals surface area contributed by atoms with Crippen LogP contribution in [0, 0.1) is 0 Å². The van der Waals surface area contributed by atoms with E-state index in [2.05, 4.69) is 17.1 Å². The van der Waals surface area contributed by atoms with E-state index in [-0.39, 0.29) is 5.91 Å². The molecule has 2 aliphatic rings. The minimum absolute atomic E-state index is 0.217. The molecule has 116 valence electrons. The second kappa shape index (κ2) is 5.79. The van der Waals surface area contributed by atoms with Gasteiger partial charge in [-0.25, -0.2) is 0 Å². The number of benzene rings is 1. The molecular weight excluding hydrogens is 272 g/mol. The average molecular weight is 296 g/mol. The lowest BCUT2D eigenvalue weighted by molar-refractivity contribution is 0.0762. The maximum absolute atomic E-state index is 12.8. The third-order valence-electron chi connectivity index (χ3n) is 5.24. The molecule has 1 fully saturated rings. The molecule has 1 amide bonds. The van der Waals surface area contributed by atoms with Gasteiger partial charge >= 0.3 is 0 Å². The number of amides is 1. The number of nitrogens with zero attached hydrogens (tertiary/aromatic N) is 1. The van der Waals surface area contributed by atoms with Gasteiger partial charge in [0.25, 0.3) is 5.91 Å². The van der Waals surface area contributed by atoms with Gasteiger partial charge in [0.15, 0.2) is 0 Å². The predicted octanol–water partition coefficient (Wildman–Crippen LogP) is 4.06. The van der Waals surface area contributed by atoms with Crippen molar-refractivity contribution in [2.24, 2.45) is 0 Å². The van der Waals surface area contributed by atoms with E-state index < -0.39 is 0 Å². The van der Waals surface area contributed by atoms with Crippen molar-refractivity contribution >= 4 is 16.8 Å². The number of aromatic amines is 1. The first-order valence-corrected chi connectivity index (χ1v) is 8.76. The number of aryl methyl sites for hydroxylation is 2. The third-order valence-corrected chi connectivity index (χ3v) is 5.24. The zero-order valence-corrected chi connectivity index (χ0v) is 13.2. The summed E-state index contributed by atoms with van der Waals surface area (Å²) in [7, 11) is 0. The number of likely N-dealkylation sites (tertiary alicyclic amines) is 1. The SMILES string of the molecule is O=C(c1ccc2[nH]c3c(c2c1)CCCC3)N1CCCCCC1. The number of fused-ring (bicyclic) bond motifs is 3. The molecule has 0 bridgehead atoms. The van der Waals surface area contributed by atoms with Crippen LogP contribution >= 0.6 is 0 Å². The number of hydrogen-bond donors (Lipinski definition) is 1. The van der Waals surface area contributed by atoms with Crippen LogP contribution in [0.1, 0.15) is 60.1 Å². The van der Waals surface area contributed by atoms with Crippen LogP contribution in [0.25, 0.3) is 10.9 Å². The Morgan fingerprint density at radius 1 is 0.955 bits per heavy atom. The zero-order valence-electron chi connectivity index (χ0n) is 13.2. The van der Waals surface area contributed by atoms with Gasteiger partial charge in [0.2, 0.25) is 0 Å². The summed E-state index contributed by atoms with van der Waals surface area (Å²) >= 11 is 0. The monoisotopic (exact) mass is 296 g/mol. The van der Waals surface area contributed by atoms with Crippen molar-refractivity contribution in [2.45, 2.75) is 51.4 Å². The summed E-state index contributed by atoms with van der Waals surface area (Å²) in [6.45, 7) is 1.84.